The summed E-state index contributed by atoms with van der Waals surface area (Å²) in [6.45, 7) is 1.96. The van der Waals surface area contributed by atoms with Gasteiger partial charge in [0.1, 0.15) is 4.90 Å². The molecule has 0 atom stereocenters. The average molecular weight is 229 g/mol. The number of hydrogen-bond donors (Lipinski definition) is 2. The first-order valence-electron chi connectivity index (χ1n) is 5.05. The summed E-state index contributed by atoms with van der Waals surface area (Å²) in [6, 6.07) is 0. The smallest absolute Gasteiger partial charge is 0.244 e. The zero-order valence-electron chi connectivity index (χ0n) is 8.66. The molecule has 1 fully saturated rings. The fourth-order valence-corrected chi connectivity index (χ4v) is 3.40. The van der Waals surface area contributed by atoms with E-state index in [0.29, 0.717) is 0 Å². The molecule has 1 aromatic rings. The van der Waals surface area contributed by atoms with Crippen LogP contribution in [0.5, 0.6) is 0 Å². The van der Waals surface area contributed by atoms with Crippen molar-refractivity contribution in [3.8, 4) is 0 Å². The van der Waals surface area contributed by atoms with Crippen LogP contribution in [0.25, 0.3) is 0 Å². The Bertz CT molecular complexity index is 418. The second-order valence-electron chi connectivity index (χ2n) is 4.31. The van der Waals surface area contributed by atoms with Crippen LogP contribution < -0.4 is 4.72 Å². The van der Waals surface area contributed by atoms with Gasteiger partial charge in [0.25, 0.3) is 0 Å². The molecule has 5 nitrogen and oxygen atoms in total. The summed E-state index contributed by atoms with van der Waals surface area (Å²) in [5.41, 5.74) is -0.282. The fraction of sp³-hybridized carbons (Fsp3) is 0.667. The fourth-order valence-electron chi connectivity index (χ4n) is 2.03. The maximum absolute atomic E-state index is 11.9. The van der Waals surface area contributed by atoms with Gasteiger partial charge in [-0.2, -0.15) is 5.10 Å². The molecule has 84 valence electrons. The Morgan fingerprint density at radius 3 is 2.67 bits per heavy atom. The van der Waals surface area contributed by atoms with Gasteiger partial charge < -0.3 is 0 Å². The lowest BCUT2D eigenvalue weighted by molar-refractivity contribution is 0.427. The third kappa shape index (κ3) is 2.21. The van der Waals surface area contributed by atoms with E-state index in [4.69, 9.17) is 0 Å². The van der Waals surface area contributed by atoms with Crippen molar-refractivity contribution < 1.29 is 8.42 Å². The molecule has 1 saturated carbocycles. The van der Waals surface area contributed by atoms with Gasteiger partial charge in [-0.3, -0.25) is 5.10 Å². The third-order valence-electron chi connectivity index (χ3n) is 2.87. The van der Waals surface area contributed by atoms with E-state index < -0.39 is 10.0 Å². The molecule has 2 rings (SSSR count). The average Bonchev–Trinajstić information content (AvgIpc) is 2.73. The monoisotopic (exact) mass is 229 g/mol. The van der Waals surface area contributed by atoms with Crippen LogP contribution in [0.2, 0.25) is 0 Å². The maximum atomic E-state index is 11.9. The highest BCUT2D eigenvalue weighted by Gasteiger charge is 2.33. The van der Waals surface area contributed by atoms with Gasteiger partial charge in [-0.05, 0) is 19.8 Å². The zero-order valence-corrected chi connectivity index (χ0v) is 9.47. The Balaban J connectivity index is 2.18. The first-order valence-corrected chi connectivity index (χ1v) is 6.53. The molecule has 0 aliphatic heterocycles. The SMILES string of the molecule is CC1(NS(=O)(=O)c2cn[nH]c2)CCCC1. The van der Waals surface area contributed by atoms with Crippen molar-refractivity contribution in [1.82, 2.24) is 14.9 Å². The van der Waals surface area contributed by atoms with Crippen LogP contribution in [0.15, 0.2) is 17.3 Å². The summed E-state index contributed by atoms with van der Waals surface area (Å²) in [6.07, 6.45) is 6.70. The van der Waals surface area contributed by atoms with Crippen molar-refractivity contribution in [2.75, 3.05) is 0 Å². The van der Waals surface area contributed by atoms with Gasteiger partial charge >= 0.3 is 0 Å². The standard InChI is InChI=1S/C9H15N3O2S/c1-9(4-2-3-5-9)12-15(13,14)8-6-10-11-7-8/h6-7,12H,2-5H2,1H3,(H,10,11). The lowest BCUT2D eigenvalue weighted by Crippen LogP contribution is -2.43. The first kappa shape index (κ1) is 10.6. The second kappa shape index (κ2) is 3.61. The van der Waals surface area contributed by atoms with Crippen LogP contribution in [0.1, 0.15) is 32.6 Å². The second-order valence-corrected chi connectivity index (χ2v) is 5.99. The highest BCUT2D eigenvalue weighted by Crippen LogP contribution is 2.30. The predicted octanol–water partition coefficient (Wildman–Crippen LogP) is 1.02. The Hall–Kier alpha value is -0.880. The molecular weight excluding hydrogens is 214 g/mol. The number of nitrogens with zero attached hydrogens (tertiary/aromatic N) is 1. The van der Waals surface area contributed by atoms with E-state index in [-0.39, 0.29) is 10.4 Å². The van der Waals surface area contributed by atoms with Gasteiger partial charge in [0.15, 0.2) is 0 Å². The number of aromatic amines is 1. The van der Waals surface area contributed by atoms with E-state index in [0.717, 1.165) is 25.7 Å². The van der Waals surface area contributed by atoms with E-state index in [9.17, 15) is 8.42 Å². The molecule has 15 heavy (non-hydrogen) atoms. The van der Waals surface area contributed by atoms with Crippen LogP contribution in [0.3, 0.4) is 0 Å². The lowest BCUT2D eigenvalue weighted by atomic mass is 10.0. The number of sulfonamides is 1. The Labute approximate surface area is 89.3 Å². The largest absolute Gasteiger partial charge is 0.284 e. The van der Waals surface area contributed by atoms with Crippen molar-refractivity contribution in [2.24, 2.45) is 0 Å². The molecule has 0 spiro atoms. The van der Waals surface area contributed by atoms with E-state index in [2.05, 4.69) is 14.9 Å². The van der Waals surface area contributed by atoms with E-state index in [1.54, 1.807) is 0 Å². The minimum Gasteiger partial charge on any atom is -0.284 e. The van der Waals surface area contributed by atoms with Gasteiger partial charge in [-0.1, -0.05) is 12.8 Å². The third-order valence-corrected chi connectivity index (χ3v) is 4.48. The van der Waals surface area contributed by atoms with E-state index in [1.807, 2.05) is 6.92 Å². The molecule has 0 bridgehead atoms. The molecule has 1 heterocycles. The van der Waals surface area contributed by atoms with Crippen LogP contribution in [-0.2, 0) is 10.0 Å². The van der Waals surface area contributed by atoms with Crippen LogP contribution >= 0.6 is 0 Å². The highest BCUT2D eigenvalue weighted by molar-refractivity contribution is 7.89. The summed E-state index contributed by atoms with van der Waals surface area (Å²) in [5.74, 6) is 0. The molecule has 6 heteroatoms. The minimum atomic E-state index is -3.40. The van der Waals surface area contributed by atoms with E-state index in [1.165, 1.54) is 12.4 Å². The van der Waals surface area contributed by atoms with Gasteiger partial charge in [-0.15, -0.1) is 0 Å². The van der Waals surface area contributed by atoms with Crippen molar-refractivity contribution >= 4 is 10.0 Å². The van der Waals surface area contributed by atoms with Crippen LogP contribution in [0, 0.1) is 0 Å². The van der Waals surface area contributed by atoms with E-state index >= 15 is 0 Å². The van der Waals surface area contributed by atoms with Gasteiger partial charge in [0.2, 0.25) is 10.0 Å². The normalized spacial score (nSPS) is 20.6. The summed E-state index contributed by atoms with van der Waals surface area (Å²) in [5, 5.41) is 6.15. The molecule has 0 aromatic carbocycles. The number of aromatic nitrogens is 2. The summed E-state index contributed by atoms with van der Waals surface area (Å²) >= 11 is 0. The van der Waals surface area contributed by atoms with Crippen LogP contribution in [0.4, 0.5) is 0 Å². The number of H-pyrrole nitrogens is 1. The molecule has 2 N–H and O–H groups in total. The molecule has 0 amide bonds. The first-order chi connectivity index (χ1) is 7.02. The quantitative estimate of drug-likeness (QED) is 0.812. The molecule has 1 aromatic heterocycles. The molecule has 1 aliphatic carbocycles. The van der Waals surface area contributed by atoms with Gasteiger partial charge in [0, 0.05) is 11.7 Å². The van der Waals surface area contributed by atoms with Crippen molar-refractivity contribution in [1.29, 1.82) is 0 Å². The number of hydrogen-bond acceptors (Lipinski definition) is 3. The topological polar surface area (TPSA) is 74.8 Å². The molecule has 1 aliphatic rings. The van der Waals surface area contributed by atoms with Gasteiger partial charge in [-0.25, -0.2) is 13.1 Å². The summed E-state index contributed by atoms with van der Waals surface area (Å²) in [4.78, 5) is 0.204. The lowest BCUT2D eigenvalue weighted by Gasteiger charge is -2.24. The Morgan fingerprint density at radius 1 is 1.47 bits per heavy atom. The van der Waals surface area contributed by atoms with Crippen molar-refractivity contribution in [3.63, 3.8) is 0 Å². The number of nitrogens with one attached hydrogen (secondary N) is 2. The maximum Gasteiger partial charge on any atom is 0.244 e. The molecule has 0 unspecified atom stereocenters. The zero-order chi connectivity index (χ0) is 10.9. The highest BCUT2D eigenvalue weighted by atomic mass is 32.2. The summed E-state index contributed by atoms with van der Waals surface area (Å²) < 4.78 is 26.5. The van der Waals surface area contributed by atoms with Crippen molar-refractivity contribution in [2.45, 2.75) is 43.0 Å². The Morgan fingerprint density at radius 2 is 2.13 bits per heavy atom. The van der Waals surface area contributed by atoms with Crippen molar-refractivity contribution in [3.05, 3.63) is 12.4 Å². The van der Waals surface area contributed by atoms with Crippen LogP contribution in [-0.4, -0.2) is 24.2 Å². The van der Waals surface area contributed by atoms with Gasteiger partial charge in [0.05, 0.1) is 6.20 Å². The number of rotatable bonds is 3. The molecule has 0 radical (unpaired) electrons. The predicted molar refractivity (Wildman–Crippen MR) is 55.8 cm³/mol. The summed E-state index contributed by atoms with van der Waals surface area (Å²) in [7, 11) is -3.40. The minimum absolute atomic E-state index is 0.204. The molecule has 0 saturated heterocycles. The molecular formula is C9H15N3O2S. The Kier molecular flexibility index (Phi) is 2.56.